The van der Waals surface area contributed by atoms with Gasteiger partial charge in [-0.2, -0.15) is 0 Å². The molecule has 0 aliphatic carbocycles. The molecule has 112 valence electrons. The Labute approximate surface area is 122 Å². The van der Waals surface area contributed by atoms with Gasteiger partial charge in [0, 0.05) is 25.6 Å². The van der Waals surface area contributed by atoms with Gasteiger partial charge in [0.25, 0.3) is 0 Å². The van der Waals surface area contributed by atoms with Gasteiger partial charge in [0.15, 0.2) is 0 Å². The van der Waals surface area contributed by atoms with Crippen molar-refractivity contribution in [1.29, 1.82) is 0 Å². The maximum Gasteiger partial charge on any atom is 0.328 e. The molecule has 1 aliphatic heterocycles. The lowest BCUT2D eigenvalue weighted by atomic mass is 10.1. The molecule has 1 fully saturated rings. The lowest BCUT2D eigenvalue weighted by Gasteiger charge is -2.21. The van der Waals surface area contributed by atoms with E-state index in [0.29, 0.717) is 25.1 Å². The van der Waals surface area contributed by atoms with Crippen molar-refractivity contribution in [3.05, 3.63) is 41.2 Å². The van der Waals surface area contributed by atoms with Crippen molar-refractivity contribution in [2.45, 2.75) is 32.2 Å². The number of carbonyl (C=O) groups excluding carboxylic acids is 1. The molecule has 1 N–H and O–H groups in total. The molecule has 1 aromatic carbocycles. The molecule has 1 saturated heterocycles. The third-order valence-corrected chi connectivity index (χ3v) is 3.55. The van der Waals surface area contributed by atoms with E-state index in [4.69, 9.17) is 5.11 Å². The summed E-state index contributed by atoms with van der Waals surface area (Å²) >= 11 is 0. The standard InChI is InChI=1S/C16H18FNO3/c17-14-7-5-13(12(10-14)6-8-16(20)21)11-18-9-3-1-2-4-15(18)19/h5-8,10H,1-4,9,11H2,(H,20,21). The Balaban J connectivity index is 2.22. The Morgan fingerprint density at radius 3 is 2.90 bits per heavy atom. The van der Waals surface area contributed by atoms with Crippen LogP contribution < -0.4 is 0 Å². The van der Waals surface area contributed by atoms with Gasteiger partial charge in [-0.05, 0) is 42.2 Å². The number of likely N-dealkylation sites (tertiary alicyclic amines) is 1. The molecule has 1 aliphatic rings. The van der Waals surface area contributed by atoms with Crippen LogP contribution in [0.15, 0.2) is 24.3 Å². The summed E-state index contributed by atoms with van der Waals surface area (Å²) in [6.07, 6.45) is 5.79. The number of carbonyl (C=O) groups is 2. The number of carboxylic acid groups (broad SMARTS) is 1. The molecule has 21 heavy (non-hydrogen) atoms. The Kier molecular flexibility index (Phi) is 5.09. The van der Waals surface area contributed by atoms with Gasteiger partial charge in [-0.15, -0.1) is 0 Å². The van der Waals surface area contributed by atoms with Crippen LogP contribution in [0.2, 0.25) is 0 Å². The number of rotatable bonds is 4. The highest BCUT2D eigenvalue weighted by molar-refractivity contribution is 5.85. The highest BCUT2D eigenvalue weighted by Gasteiger charge is 2.17. The van der Waals surface area contributed by atoms with E-state index in [1.165, 1.54) is 18.2 Å². The van der Waals surface area contributed by atoms with Crippen LogP contribution >= 0.6 is 0 Å². The first kappa shape index (κ1) is 15.2. The monoisotopic (exact) mass is 291 g/mol. The van der Waals surface area contributed by atoms with Crippen LogP contribution in [0.4, 0.5) is 4.39 Å². The Bertz CT molecular complexity index is 569. The van der Waals surface area contributed by atoms with Gasteiger partial charge in [-0.3, -0.25) is 4.79 Å². The fourth-order valence-corrected chi connectivity index (χ4v) is 2.44. The first-order valence-corrected chi connectivity index (χ1v) is 7.03. The second-order valence-electron chi connectivity index (χ2n) is 5.14. The molecule has 0 saturated carbocycles. The molecule has 0 aromatic heterocycles. The topological polar surface area (TPSA) is 57.6 Å². The summed E-state index contributed by atoms with van der Waals surface area (Å²) in [5, 5.41) is 8.69. The van der Waals surface area contributed by atoms with Crippen LogP contribution in [-0.4, -0.2) is 28.4 Å². The van der Waals surface area contributed by atoms with E-state index >= 15 is 0 Å². The fourth-order valence-electron chi connectivity index (χ4n) is 2.44. The zero-order valence-electron chi connectivity index (χ0n) is 11.7. The first-order valence-electron chi connectivity index (χ1n) is 7.03. The molecule has 0 atom stereocenters. The highest BCUT2D eigenvalue weighted by Crippen LogP contribution is 2.19. The second-order valence-corrected chi connectivity index (χ2v) is 5.14. The van der Waals surface area contributed by atoms with Crippen LogP contribution in [0.3, 0.4) is 0 Å². The number of halogens is 1. The highest BCUT2D eigenvalue weighted by atomic mass is 19.1. The zero-order valence-corrected chi connectivity index (χ0v) is 11.7. The fraction of sp³-hybridized carbons (Fsp3) is 0.375. The number of nitrogens with zero attached hydrogens (tertiary/aromatic N) is 1. The summed E-state index contributed by atoms with van der Waals surface area (Å²) in [5.41, 5.74) is 1.25. The van der Waals surface area contributed by atoms with Gasteiger partial charge in [-0.1, -0.05) is 12.5 Å². The molecular formula is C16H18FNO3. The molecule has 1 aromatic rings. The molecular weight excluding hydrogens is 273 g/mol. The number of hydrogen-bond acceptors (Lipinski definition) is 2. The van der Waals surface area contributed by atoms with Crippen LogP contribution in [0.25, 0.3) is 6.08 Å². The van der Waals surface area contributed by atoms with E-state index in [1.807, 2.05) is 0 Å². The number of hydrogen-bond donors (Lipinski definition) is 1. The number of amides is 1. The molecule has 5 heteroatoms. The van der Waals surface area contributed by atoms with Gasteiger partial charge in [0.1, 0.15) is 5.82 Å². The minimum Gasteiger partial charge on any atom is -0.478 e. The minimum atomic E-state index is -1.09. The average Bonchev–Trinajstić information content (AvgIpc) is 2.64. The molecule has 4 nitrogen and oxygen atoms in total. The molecule has 0 bridgehead atoms. The maximum atomic E-state index is 13.3. The van der Waals surface area contributed by atoms with Crippen molar-refractivity contribution in [3.8, 4) is 0 Å². The van der Waals surface area contributed by atoms with E-state index in [1.54, 1.807) is 11.0 Å². The van der Waals surface area contributed by atoms with E-state index in [9.17, 15) is 14.0 Å². The Hall–Kier alpha value is -2.17. The lowest BCUT2D eigenvalue weighted by Crippen LogP contribution is -2.30. The van der Waals surface area contributed by atoms with Gasteiger partial charge in [0.2, 0.25) is 5.91 Å². The van der Waals surface area contributed by atoms with Crippen LogP contribution in [0.5, 0.6) is 0 Å². The van der Waals surface area contributed by atoms with Crippen LogP contribution in [0, 0.1) is 5.82 Å². The minimum absolute atomic E-state index is 0.102. The van der Waals surface area contributed by atoms with Crippen molar-refractivity contribution in [3.63, 3.8) is 0 Å². The normalized spacial score (nSPS) is 16.2. The van der Waals surface area contributed by atoms with E-state index < -0.39 is 11.8 Å². The van der Waals surface area contributed by atoms with Crippen LogP contribution in [0.1, 0.15) is 36.8 Å². The molecule has 1 amide bonds. The van der Waals surface area contributed by atoms with Gasteiger partial charge >= 0.3 is 5.97 Å². The Morgan fingerprint density at radius 2 is 2.14 bits per heavy atom. The maximum absolute atomic E-state index is 13.3. The zero-order chi connectivity index (χ0) is 15.2. The summed E-state index contributed by atoms with van der Waals surface area (Å²) < 4.78 is 13.3. The van der Waals surface area contributed by atoms with E-state index in [0.717, 1.165) is 30.9 Å². The quantitative estimate of drug-likeness (QED) is 0.868. The molecule has 0 unspecified atom stereocenters. The number of aliphatic carboxylic acids is 1. The molecule has 2 rings (SSSR count). The summed E-state index contributed by atoms with van der Waals surface area (Å²) in [6, 6.07) is 4.22. The number of carboxylic acids is 1. The third-order valence-electron chi connectivity index (χ3n) is 3.55. The second kappa shape index (κ2) is 7.02. The summed E-state index contributed by atoms with van der Waals surface area (Å²) in [7, 11) is 0. The Morgan fingerprint density at radius 1 is 1.33 bits per heavy atom. The van der Waals surface area contributed by atoms with Gasteiger partial charge in [-0.25, -0.2) is 9.18 Å². The van der Waals surface area contributed by atoms with E-state index in [2.05, 4.69) is 0 Å². The van der Waals surface area contributed by atoms with Gasteiger partial charge in [0.05, 0.1) is 0 Å². The first-order chi connectivity index (χ1) is 10.1. The third kappa shape index (κ3) is 4.41. The predicted molar refractivity (Wildman–Crippen MR) is 77.0 cm³/mol. The molecule has 0 radical (unpaired) electrons. The summed E-state index contributed by atoms with van der Waals surface area (Å²) in [6.45, 7) is 1.08. The van der Waals surface area contributed by atoms with E-state index in [-0.39, 0.29) is 5.91 Å². The molecule has 1 heterocycles. The SMILES string of the molecule is O=C(O)C=Cc1cc(F)ccc1CN1CCCCCC1=O. The van der Waals surface area contributed by atoms with Gasteiger partial charge < -0.3 is 10.0 Å². The predicted octanol–water partition coefficient (Wildman–Crippen LogP) is 2.83. The van der Waals surface area contributed by atoms with Crippen molar-refractivity contribution >= 4 is 18.0 Å². The smallest absolute Gasteiger partial charge is 0.328 e. The molecule has 0 spiro atoms. The summed E-state index contributed by atoms with van der Waals surface area (Å²) in [4.78, 5) is 24.4. The van der Waals surface area contributed by atoms with Crippen molar-refractivity contribution in [2.75, 3.05) is 6.54 Å². The number of benzene rings is 1. The lowest BCUT2D eigenvalue weighted by molar-refractivity contribution is -0.132. The van der Waals surface area contributed by atoms with Crippen LogP contribution in [-0.2, 0) is 16.1 Å². The largest absolute Gasteiger partial charge is 0.478 e. The average molecular weight is 291 g/mol. The van der Waals surface area contributed by atoms with Crippen molar-refractivity contribution < 1.29 is 19.1 Å². The van der Waals surface area contributed by atoms with Crippen molar-refractivity contribution in [2.24, 2.45) is 0 Å². The summed E-state index contributed by atoms with van der Waals surface area (Å²) in [5.74, 6) is -1.41. The van der Waals surface area contributed by atoms with Crippen molar-refractivity contribution in [1.82, 2.24) is 4.90 Å².